The van der Waals surface area contributed by atoms with Crippen molar-refractivity contribution in [1.82, 2.24) is 19.3 Å². The number of rotatable bonds is 0. The first-order valence-corrected chi connectivity index (χ1v) is 7.09. The predicted octanol–water partition coefficient (Wildman–Crippen LogP) is 0.521. The lowest BCUT2D eigenvalue weighted by atomic mass is 10.0. The number of nitrogens with zero attached hydrogens (tertiary/aromatic N) is 4. The molecule has 0 amide bonds. The summed E-state index contributed by atoms with van der Waals surface area (Å²) in [5, 5.41) is 10.8. The monoisotopic (exact) mass is 276 g/mol. The third-order valence-electron chi connectivity index (χ3n) is 4.39. The molecule has 0 saturated heterocycles. The molecule has 5 nitrogen and oxygen atoms in total. The molecule has 1 aliphatic heterocycles. The number of aromatic nitrogens is 4. The molecular weight excluding hydrogens is 264 g/mol. The average molecular weight is 276 g/mol. The van der Waals surface area contributed by atoms with Gasteiger partial charge in [-0.15, -0.1) is 10.2 Å². The highest BCUT2D eigenvalue weighted by Gasteiger charge is 2.26. The first-order valence-electron chi connectivity index (χ1n) is 7.09. The van der Waals surface area contributed by atoms with Gasteiger partial charge in [-0.3, -0.25) is 9.36 Å². The van der Waals surface area contributed by atoms with Crippen LogP contribution in [-0.4, -0.2) is 25.1 Å². The molecule has 21 heavy (non-hydrogen) atoms. The third-order valence-corrected chi connectivity index (χ3v) is 4.39. The summed E-state index contributed by atoms with van der Waals surface area (Å²) >= 11 is 0. The summed E-state index contributed by atoms with van der Waals surface area (Å²) in [5.74, 6) is 1.03. The second-order valence-electron chi connectivity index (χ2n) is 5.54. The van der Waals surface area contributed by atoms with Crippen LogP contribution in [0.25, 0.3) is 23.0 Å². The molecule has 0 fully saturated rings. The fourth-order valence-electron chi connectivity index (χ4n) is 3.49. The number of allylic oxidation sites excluding steroid dienone is 4. The van der Waals surface area contributed by atoms with Crippen molar-refractivity contribution in [1.29, 1.82) is 0 Å². The van der Waals surface area contributed by atoms with E-state index in [4.69, 9.17) is 0 Å². The summed E-state index contributed by atoms with van der Waals surface area (Å²) in [5.41, 5.74) is 3.22. The number of hydrogen-bond acceptors (Lipinski definition) is 3. The van der Waals surface area contributed by atoms with Crippen LogP contribution < -0.4 is 10.6 Å². The number of hydrogen-bond donors (Lipinski definition) is 0. The Balaban J connectivity index is 2.01. The molecule has 2 aliphatic carbocycles. The Kier molecular flexibility index (Phi) is 1.94. The van der Waals surface area contributed by atoms with Gasteiger partial charge in [0.05, 0.1) is 23.2 Å². The molecule has 0 bridgehead atoms. The molecule has 0 spiro atoms. The quantitative estimate of drug-likeness (QED) is 0.705. The van der Waals surface area contributed by atoms with Crippen LogP contribution in [-0.2, 0) is 4.79 Å². The lowest BCUT2D eigenvalue weighted by Gasteiger charge is -2.16. The molecule has 2 aromatic heterocycles. The van der Waals surface area contributed by atoms with E-state index >= 15 is 0 Å². The standard InChI is InChI=1S/C16H12N4O/c21-11-4-5-13-14(8-11)19-7-6-10-2-1-3-12(15(10)19)16-18-17-9-20(13)16/h2,4-7,9H,1,3,8H2. The molecule has 3 heterocycles. The highest BCUT2D eigenvalue weighted by Crippen LogP contribution is 2.30. The van der Waals surface area contributed by atoms with Crippen molar-refractivity contribution in [3.8, 4) is 0 Å². The maximum atomic E-state index is 11.9. The van der Waals surface area contributed by atoms with Gasteiger partial charge in [-0.05, 0) is 36.3 Å². The van der Waals surface area contributed by atoms with Gasteiger partial charge < -0.3 is 4.57 Å². The van der Waals surface area contributed by atoms with Crippen LogP contribution in [0, 0.1) is 0 Å². The molecule has 5 rings (SSSR count). The Morgan fingerprint density at radius 2 is 2.14 bits per heavy atom. The highest BCUT2D eigenvalue weighted by molar-refractivity contribution is 6.05. The largest absolute Gasteiger partial charge is 0.317 e. The van der Waals surface area contributed by atoms with Crippen LogP contribution in [0.15, 0.2) is 30.7 Å². The van der Waals surface area contributed by atoms with Crippen molar-refractivity contribution in [2.75, 3.05) is 0 Å². The van der Waals surface area contributed by atoms with Crippen LogP contribution in [0.5, 0.6) is 0 Å². The Morgan fingerprint density at radius 3 is 3.10 bits per heavy atom. The van der Waals surface area contributed by atoms with E-state index in [1.165, 1.54) is 16.1 Å². The molecule has 2 aromatic rings. The Morgan fingerprint density at radius 1 is 1.19 bits per heavy atom. The van der Waals surface area contributed by atoms with Crippen LogP contribution in [0.2, 0.25) is 0 Å². The molecule has 0 aromatic carbocycles. The van der Waals surface area contributed by atoms with Crippen molar-refractivity contribution in [3.05, 3.63) is 47.1 Å². The van der Waals surface area contributed by atoms with E-state index in [2.05, 4.69) is 33.1 Å². The maximum absolute atomic E-state index is 11.9. The van der Waals surface area contributed by atoms with E-state index in [1.807, 2.05) is 10.6 Å². The lowest BCUT2D eigenvalue weighted by molar-refractivity contribution is -0.113. The molecular formula is C16H12N4O. The van der Waals surface area contributed by atoms with Crippen molar-refractivity contribution in [3.63, 3.8) is 0 Å². The van der Waals surface area contributed by atoms with Gasteiger partial charge in [-0.2, -0.15) is 0 Å². The third kappa shape index (κ3) is 1.33. The van der Waals surface area contributed by atoms with Crippen molar-refractivity contribution < 1.29 is 4.79 Å². The zero-order chi connectivity index (χ0) is 14.0. The van der Waals surface area contributed by atoms with E-state index < -0.39 is 0 Å². The van der Waals surface area contributed by atoms with E-state index in [0.717, 1.165) is 30.1 Å². The summed E-state index contributed by atoms with van der Waals surface area (Å²) in [6.45, 7) is 0. The molecule has 102 valence electrons. The topological polar surface area (TPSA) is 52.7 Å². The predicted molar refractivity (Wildman–Crippen MR) is 78.1 cm³/mol. The van der Waals surface area contributed by atoms with Crippen LogP contribution in [0.3, 0.4) is 0 Å². The first-order chi connectivity index (χ1) is 10.3. The normalized spacial score (nSPS) is 18.9. The number of fused-ring (bicyclic) bond motifs is 4. The van der Waals surface area contributed by atoms with Gasteiger partial charge >= 0.3 is 0 Å². The molecule has 3 aliphatic rings. The summed E-state index contributed by atoms with van der Waals surface area (Å²) in [4.78, 5) is 11.9. The Hall–Kier alpha value is -2.69. The molecule has 0 radical (unpaired) electrons. The number of carbonyl (C=O) groups excluding carboxylic acids is 1. The van der Waals surface area contributed by atoms with Crippen LogP contribution in [0.1, 0.15) is 25.1 Å². The summed E-state index contributed by atoms with van der Waals surface area (Å²) < 4.78 is 4.17. The second kappa shape index (κ2) is 3.69. The average Bonchev–Trinajstić information content (AvgIpc) is 3.11. The van der Waals surface area contributed by atoms with E-state index in [1.54, 1.807) is 12.4 Å². The maximum Gasteiger partial charge on any atom is 0.166 e. The minimum atomic E-state index is 0.133. The Bertz CT molecular complexity index is 984. The fraction of sp³-hybridized carbons (Fsp3) is 0.188. The van der Waals surface area contributed by atoms with Crippen LogP contribution in [0.4, 0.5) is 0 Å². The minimum Gasteiger partial charge on any atom is -0.317 e. The fourth-order valence-corrected chi connectivity index (χ4v) is 3.49. The van der Waals surface area contributed by atoms with E-state index in [9.17, 15) is 4.79 Å². The molecule has 5 heteroatoms. The minimum absolute atomic E-state index is 0.133. The Labute approximate surface area is 120 Å². The van der Waals surface area contributed by atoms with Crippen molar-refractivity contribution >= 4 is 28.8 Å². The molecule has 0 N–H and O–H groups in total. The van der Waals surface area contributed by atoms with Gasteiger partial charge in [0.15, 0.2) is 11.6 Å². The summed E-state index contributed by atoms with van der Waals surface area (Å²) in [6.07, 6.45) is 12.0. The highest BCUT2D eigenvalue weighted by atomic mass is 16.1. The van der Waals surface area contributed by atoms with Crippen molar-refractivity contribution in [2.45, 2.75) is 19.3 Å². The summed E-state index contributed by atoms with van der Waals surface area (Å²) in [7, 11) is 0. The summed E-state index contributed by atoms with van der Waals surface area (Å²) in [6, 6.07) is 2.12. The van der Waals surface area contributed by atoms with E-state index in [-0.39, 0.29) is 5.78 Å². The van der Waals surface area contributed by atoms with Gasteiger partial charge in [0.1, 0.15) is 6.33 Å². The van der Waals surface area contributed by atoms with Gasteiger partial charge in [0, 0.05) is 11.8 Å². The second-order valence-corrected chi connectivity index (χ2v) is 5.54. The van der Waals surface area contributed by atoms with Gasteiger partial charge in [0.2, 0.25) is 0 Å². The van der Waals surface area contributed by atoms with Gasteiger partial charge in [-0.25, -0.2) is 0 Å². The molecule has 0 saturated carbocycles. The zero-order valence-corrected chi connectivity index (χ0v) is 11.3. The lowest BCUT2D eigenvalue weighted by Crippen LogP contribution is -2.33. The smallest absolute Gasteiger partial charge is 0.166 e. The van der Waals surface area contributed by atoms with Gasteiger partial charge in [0.25, 0.3) is 0 Å². The molecule has 0 atom stereocenters. The first kappa shape index (κ1) is 11.0. The van der Waals surface area contributed by atoms with Crippen molar-refractivity contribution in [2.24, 2.45) is 0 Å². The van der Waals surface area contributed by atoms with Crippen LogP contribution >= 0.6 is 0 Å². The number of carbonyl (C=O) groups is 1. The van der Waals surface area contributed by atoms with E-state index in [0.29, 0.717) is 6.42 Å². The van der Waals surface area contributed by atoms with Gasteiger partial charge in [-0.1, -0.05) is 6.08 Å². The zero-order valence-electron chi connectivity index (χ0n) is 11.3. The SMILES string of the molecule is O=C1C=CC2=C(C1)n1ccc3c1=C(CCC=3)c1nncn12. The molecule has 0 unspecified atom stereocenters. The number of ketones is 1.